The van der Waals surface area contributed by atoms with Crippen molar-refractivity contribution in [2.24, 2.45) is 5.92 Å². The number of aromatic nitrogens is 2. The Bertz CT molecular complexity index is 567. The van der Waals surface area contributed by atoms with Crippen LogP contribution in [0.4, 0.5) is 5.82 Å². The molecule has 3 heterocycles. The predicted octanol–water partition coefficient (Wildman–Crippen LogP) is 1.48. The summed E-state index contributed by atoms with van der Waals surface area (Å²) in [7, 11) is 0. The molecule has 2 N–H and O–H groups in total. The van der Waals surface area contributed by atoms with E-state index in [0.29, 0.717) is 6.04 Å². The summed E-state index contributed by atoms with van der Waals surface area (Å²) in [5, 5.41) is 7.07. The van der Waals surface area contributed by atoms with Crippen LogP contribution in [0.25, 0.3) is 0 Å². The summed E-state index contributed by atoms with van der Waals surface area (Å²) >= 11 is 0. The Morgan fingerprint density at radius 3 is 2.92 bits per heavy atom. The average molecular weight is 329 g/mol. The normalized spacial score (nSPS) is 29.1. The van der Waals surface area contributed by atoms with E-state index < -0.39 is 0 Å². The molecule has 0 aromatic carbocycles. The van der Waals surface area contributed by atoms with E-state index in [2.05, 4.69) is 25.5 Å². The summed E-state index contributed by atoms with van der Waals surface area (Å²) in [6.45, 7) is 2.73. The Labute approximate surface area is 143 Å². The molecular weight excluding hydrogens is 302 g/mol. The van der Waals surface area contributed by atoms with Crippen molar-refractivity contribution >= 4 is 11.7 Å². The molecule has 1 aliphatic carbocycles. The van der Waals surface area contributed by atoms with Crippen molar-refractivity contribution in [3.05, 3.63) is 18.6 Å². The molecule has 3 fully saturated rings. The van der Waals surface area contributed by atoms with Crippen LogP contribution in [0.1, 0.15) is 44.9 Å². The van der Waals surface area contributed by atoms with Crippen LogP contribution in [0, 0.1) is 5.92 Å². The van der Waals surface area contributed by atoms with E-state index in [-0.39, 0.29) is 17.4 Å². The van der Waals surface area contributed by atoms with Gasteiger partial charge in [-0.1, -0.05) is 12.8 Å². The van der Waals surface area contributed by atoms with Gasteiger partial charge in [-0.05, 0) is 38.6 Å². The van der Waals surface area contributed by atoms with E-state index in [0.717, 1.165) is 44.7 Å². The largest absolute Gasteiger partial charge is 0.355 e. The molecule has 2 aliphatic heterocycles. The maximum Gasteiger partial charge on any atom is 0.225 e. The lowest BCUT2D eigenvalue weighted by molar-refractivity contribution is -0.126. The highest BCUT2D eigenvalue weighted by molar-refractivity contribution is 5.80. The minimum Gasteiger partial charge on any atom is -0.355 e. The molecule has 2 unspecified atom stereocenters. The van der Waals surface area contributed by atoms with Crippen LogP contribution in [0.2, 0.25) is 0 Å². The van der Waals surface area contributed by atoms with Gasteiger partial charge in [-0.2, -0.15) is 0 Å². The van der Waals surface area contributed by atoms with E-state index in [9.17, 15) is 4.79 Å². The molecular formula is C18H27N5O. The zero-order valence-corrected chi connectivity index (χ0v) is 14.2. The van der Waals surface area contributed by atoms with Crippen molar-refractivity contribution in [2.45, 2.75) is 56.5 Å². The van der Waals surface area contributed by atoms with E-state index in [1.165, 1.54) is 25.7 Å². The van der Waals surface area contributed by atoms with Gasteiger partial charge in [-0.15, -0.1) is 0 Å². The summed E-state index contributed by atoms with van der Waals surface area (Å²) < 4.78 is 0. The second-order valence-electron chi connectivity index (χ2n) is 7.49. The number of nitrogens with zero attached hydrogens (tertiary/aromatic N) is 3. The Morgan fingerprint density at radius 2 is 2.12 bits per heavy atom. The lowest BCUT2D eigenvalue weighted by Crippen LogP contribution is -2.55. The highest BCUT2D eigenvalue weighted by atomic mass is 16.2. The first-order valence-corrected chi connectivity index (χ1v) is 9.33. The zero-order valence-electron chi connectivity index (χ0n) is 14.2. The lowest BCUT2D eigenvalue weighted by atomic mass is 9.89. The highest BCUT2D eigenvalue weighted by Gasteiger charge is 2.45. The highest BCUT2D eigenvalue weighted by Crippen LogP contribution is 2.37. The molecule has 1 amide bonds. The molecule has 1 aromatic rings. The molecule has 6 heteroatoms. The van der Waals surface area contributed by atoms with Crippen LogP contribution in [0.15, 0.2) is 18.6 Å². The predicted molar refractivity (Wildman–Crippen MR) is 92.7 cm³/mol. The number of piperidine rings is 1. The molecule has 4 rings (SSSR count). The summed E-state index contributed by atoms with van der Waals surface area (Å²) in [6, 6.07) is 0.305. The fourth-order valence-electron chi connectivity index (χ4n) is 4.75. The summed E-state index contributed by atoms with van der Waals surface area (Å²) in [5.74, 6) is 1.16. The maximum absolute atomic E-state index is 12.9. The molecule has 6 nitrogen and oxygen atoms in total. The smallest absolute Gasteiger partial charge is 0.225 e. The van der Waals surface area contributed by atoms with E-state index in [1.54, 1.807) is 18.6 Å². The number of carbonyl (C=O) groups excluding carboxylic acids is 1. The molecule has 2 atom stereocenters. The van der Waals surface area contributed by atoms with Gasteiger partial charge in [-0.25, -0.2) is 4.98 Å². The number of rotatable bonds is 3. The molecule has 1 aromatic heterocycles. The van der Waals surface area contributed by atoms with Crippen molar-refractivity contribution in [3.63, 3.8) is 0 Å². The number of hydrogen-bond donors (Lipinski definition) is 2. The van der Waals surface area contributed by atoms with Crippen LogP contribution >= 0.6 is 0 Å². The van der Waals surface area contributed by atoms with Gasteiger partial charge in [0, 0.05) is 37.1 Å². The van der Waals surface area contributed by atoms with Crippen molar-refractivity contribution < 1.29 is 4.79 Å². The van der Waals surface area contributed by atoms with Gasteiger partial charge >= 0.3 is 0 Å². The summed E-state index contributed by atoms with van der Waals surface area (Å²) in [4.78, 5) is 23.6. The van der Waals surface area contributed by atoms with E-state index in [4.69, 9.17) is 0 Å². The topological polar surface area (TPSA) is 70.2 Å². The fourth-order valence-corrected chi connectivity index (χ4v) is 4.75. The molecule has 130 valence electrons. The minimum atomic E-state index is 0.0554. The van der Waals surface area contributed by atoms with Crippen LogP contribution in [0.5, 0.6) is 0 Å². The third kappa shape index (κ3) is 2.99. The number of anilines is 1. The number of amides is 1. The molecule has 1 spiro atoms. The molecule has 0 bridgehead atoms. The first kappa shape index (κ1) is 15.8. The molecule has 3 aliphatic rings. The van der Waals surface area contributed by atoms with Gasteiger partial charge in [0.25, 0.3) is 0 Å². The first-order chi connectivity index (χ1) is 11.8. The third-order valence-electron chi connectivity index (χ3n) is 6.06. The maximum atomic E-state index is 12.9. The SMILES string of the molecule is O=C(NC1CCNC12CCCC2)C1CCCN(c2cnccn2)C1. The molecule has 2 saturated heterocycles. The number of carbonyl (C=O) groups is 1. The lowest BCUT2D eigenvalue weighted by Gasteiger charge is -2.36. The monoisotopic (exact) mass is 329 g/mol. The molecule has 0 radical (unpaired) electrons. The van der Waals surface area contributed by atoms with Gasteiger partial charge in [0.15, 0.2) is 0 Å². The van der Waals surface area contributed by atoms with Gasteiger partial charge < -0.3 is 15.5 Å². The van der Waals surface area contributed by atoms with Gasteiger partial charge in [0.2, 0.25) is 5.91 Å². The minimum absolute atomic E-state index is 0.0554. The summed E-state index contributed by atoms with van der Waals surface area (Å²) in [5.41, 5.74) is 0.176. The van der Waals surface area contributed by atoms with Crippen LogP contribution in [-0.2, 0) is 4.79 Å². The van der Waals surface area contributed by atoms with Crippen LogP contribution < -0.4 is 15.5 Å². The van der Waals surface area contributed by atoms with Crippen molar-refractivity contribution in [1.29, 1.82) is 0 Å². The van der Waals surface area contributed by atoms with Gasteiger partial charge in [0.05, 0.1) is 12.1 Å². The number of nitrogens with one attached hydrogen (secondary N) is 2. The van der Waals surface area contributed by atoms with E-state index >= 15 is 0 Å². The second kappa shape index (κ2) is 6.67. The van der Waals surface area contributed by atoms with Crippen molar-refractivity contribution in [2.75, 3.05) is 24.5 Å². The quantitative estimate of drug-likeness (QED) is 0.879. The Morgan fingerprint density at radius 1 is 1.25 bits per heavy atom. The molecule has 24 heavy (non-hydrogen) atoms. The fraction of sp³-hybridized carbons (Fsp3) is 0.722. The zero-order chi connectivity index (χ0) is 16.4. The van der Waals surface area contributed by atoms with Crippen LogP contribution in [-0.4, -0.2) is 47.1 Å². The molecule has 1 saturated carbocycles. The number of hydrogen-bond acceptors (Lipinski definition) is 5. The van der Waals surface area contributed by atoms with Crippen LogP contribution in [0.3, 0.4) is 0 Å². The Hall–Kier alpha value is -1.69. The van der Waals surface area contributed by atoms with Crippen molar-refractivity contribution in [3.8, 4) is 0 Å². The third-order valence-corrected chi connectivity index (χ3v) is 6.06. The summed E-state index contributed by atoms with van der Waals surface area (Å²) in [6.07, 6.45) is 13.2. The standard InChI is InChI=1S/C18H27N5O/c24-17(22-15-5-8-21-18(15)6-1-2-7-18)14-4-3-11-23(13-14)16-12-19-9-10-20-16/h9-10,12,14-15,21H,1-8,11,13H2,(H,22,24). The Balaban J connectivity index is 1.39. The second-order valence-corrected chi connectivity index (χ2v) is 7.49. The Kier molecular flexibility index (Phi) is 4.39. The van der Waals surface area contributed by atoms with Gasteiger partial charge in [0.1, 0.15) is 5.82 Å². The van der Waals surface area contributed by atoms with Gasteiger partial charge in [-0.3, -0.25) is 9.78 Å². The van der Waals surface area contributed by atoms with Crippen molar-refractivity contribution in [1.82, 2.24) is 20.6 Å². The average Bonchev–Trinajstić information content (AvgIpc) is 3.27. The van der Waals surface area contributed by atoms with E-state index in [1.807, 2.05) is 0 Å². The first-order valence-electron chi connectivity index (χ1n) is 9.33.